The van der Waals surface area contributed by atoms with E-state index in [-0.39, 0.29) is 5.91 Å². The summed E-state index contributed by atoms with van der Waals surface area (Å²) < 4.78 is 1.70. The van der Waals surface area contributed by atoms with Crippen molar-refractivity contribution >= 4 is 17.7 Å². The van der Waals surface area contributed by atoms with Gasteiger partial charge in [0.2, 0.25) is 5.91 Å². The SMILES string of the molecule is Cc1cc(C)cc(NC(=O)/C=C/c2cnn(C)c2)c1. The van der Waals surface area contributed by atoms with Crippen LogP contribution in [0.1, 0.15) is 16.7 Å². The van der Waals surface area contributed by atoms with Gasteiger partial charge in [-0.3, -0.25) is 9.48 Å². The summed E-state index contributed by atoms with van der Waals surface area (Å²) in [4.78, 5) is 11.8. The van der Waals surface area contributed by atoms with Crippen LogP contribution in [0.4, 0.5) is 5.69 Å². The summed E-state index contributed by atoms with van der Waals surface area (Å²) in [5, 5.41) is 6.88. The minimum Gasteiger partial charge on any atom is -0.322 e. The quantitative estimate of drug-likeness (QED) is 0.857. The van der Waals surface area contributed by atoms with E-state index in [0.29, 0.717) is 0 Å². The molecule has 1 amide bonds. The monoisotopic (exact) mass is 255 g/mol. The maximum atomic E-state index is 11.8. The van der Waals surface area contributed by atoms with E-state index in [4.69, 9.17) is 0 Å². The number of hydrogen-bond acceptors (Lipinski definition) is 2. The lowest BCUT2D eigenvalue weighted by molar-refractivity contribution is -0.111. The van der Waals surface area contributed by atoms with Crippen LogP contribution in [0.2, 0.25) is 0 Å². The number of carbonyl (C=O) groups excluding carboxylic acids is 1. The van der Waals surface area contributed by atoms with Gasteiger partial charge in [0.15, 0.2) is 0 Å². The molecule has 0 aliphatic carbocycles. The zero-order chi connectivity index (χ0) is 13.8. The highest BCUT2D eigenvalue weighted by Gasteiger charge is 2.00. The Labute approximate surface area is 112 Å². The molecule has 19 heavy (non-hydrogen) atoms. The third-order valence-electron chi connectivity index (χ3n) is 2.64. The number of aryl methyl sites for hydroxylation is 3. The Bertz CT molecular complexity index is 606. The Morgan fingerprint density at radius 2 is 1.95 bits per heavy atom. The molecule has 0 saturated heterocycles. The molecule has 0 fully saturated rings. The molecule has 4 nitrogen and oxygen atoms in total. The number of aromatic nitrogens is 2. The van der Waals surface area contributed by atoms with Crippen molar-refractivity contribution < 1.29 is 4.79 Å². The van der Waals surface area contributed by atoms with Gasteiger partial charge in [0.25, 0.3) is 0 Å². The van der Waals surface area contributed by atoms with E-state index in [0.717, 1.165) is 22.4 Å². The van der Waals surface area contributed by atoms with Crippen molar-refractivity contribution in [1.82, 2.24) is 9.78 Å². The van der Waals surface area contributed by atoms with Crippen LogP contribution in [0, 0.1) is 13.8 Å². The number of nitrogens with zero attached hydrogens (tertiary/aromatic N) is 2. The molecule has 0 saturated carbocycles. The summed E-state index contributed by atoms with van der Waals surface area (Å²) >= 11 is 0. The van der Waals surface area contributed by atoms with Crippen molar-refractivity contribution in [3.8, 4) is 0 Å². The second kappa shape index (κ2) is 5.52. The van der Waals surface area contributed by atoms with E-state index in [2.05, 4.69) is 16.5 Å². The van der Waals surface area contributed by atoms with Gasteiger partial charge in [-0.25, -0.2) is 0 Å². The van der Waals surface area contributed by atoms with Crippen LogP contribution in [-0.4, -0.2) is 15.7 Å². The van der Waals surface area contributed by atoms with Crippen LogP contribution in [0.15, 0.2) is 36.7 Å². The van der Waals surface area contributed by atoms with Gasteiger partial charge < -0.3 is 5.32 Å². The van der Waals surface area contributed by atoms with Crippen molar-refractivity contribution in [2.45, 2.75) is 13.8 Å². The van der Waals surface area contributed by atoms with E-state index < -0.39 is 0 Å². The second-order valence-electron chi connectivity index (χ2n) is 4.65. The van der Waals surface area contributed by atoms with Crippen LogP contribution < -0.4 is 5.32 Å². The molecule has 0 aliphatic heterocycles. The summed E-state index contributed by atoms with van der Waals surface area (Å²) in [7, 11) is 1.84. The average Bonchev–Trinajstić information content (AvgIpc) is 2.71. The number of nitrogens with one attached hydrogen (secondary N) is 1. The zero-order valence-electron chi connectivity index (χ0n) is 11.3. The number of anilines is 1. The first-order chi connectivity index (χ1) is 9.02. The normalized spacial score (nSPS) is 10.9. The average molecular weight is 255 g/mol. The van der Waals surface area contributed by atoms with E-state index in [1.165, 1.54) is 6.08 Å². The lowest BCUT2D eigenvalue weighted by Crippen LogP contribution is -2.07. The fourth-order valence-electron chi connectivity index (χ4n) is 1.93. The number of hydrogen-bond donors (Lipinski definition) is 1. The summed E-state index contributed by atoms with van der Waals surface area (Å²) in [5.41, 5.74) is 3.98. The van der Waals surface area contributed by atoms with Gasteiger partial charge in [0.1, 0.15) is 0 Å². The molecule has 1 aromatic heterocycles. The lowest BCUT2D eigenvalue weighted by atomic mass is 10.1. The molecule has 2 rings (SSSR count). The minimum atomic E-state index is -0.145. The Kier molecular flexibility index (Phi) is 3.80. The molecule has 0 spiro atoms. The first-order valence-electron chi connectivity index (χ1n) is 6.09. The zero-order valence-corrected chi connectivity index (χ0v) is 11.3. The summed E-state index contributed by atoms with van der Waals surface area (Å²) in [5.74, 6) is -0.145. The van der Waals surface area contributed by atoms with Crippen LogP contribution in [0.5, 0.6) is 0 Å². The molecule has 1 aromatic carbocycles. The predicted molar refractivity (Wildman–Crippen MR) is 76.8 cm³/mol. The van der Waals surface area contributed by atoms with Gasteiger partial charge in [-0.1, -0.05) is 6.07 Å². The van der Waals surface area contributed by atoms with Crippen LogP contribution in [0.3, 0.4) is 0 Å². The maximum absolute atomic E-state index is 11.8. The minimum absolute atomic E-state index is 0.145. The molecule has 0 unspecified atom stereocenters. The summed E-state index contributed by atoms with van der Waals surface area (Å²) in [6, 6.07) is 5.97. The highest BCUT2D eigenvalue weighted by molar-refractivity contribution is 6.01. The molecule has 1 heterocycles. The summed E-state index contributed by atoms with van der Waals surface area (Å²) in [6.07, 6.45) is 6.81. The molecule has 0 atom stereocenters. The standard InChI is InChI=1S/C15H17N3O/c1-11-6-12(2)8-14(7-11)17-15(19)5-4-13-9-16-18(3)10-13/h4-10H,1-3H3,(H,17,19)/b5-4+. The third-order valence-corrected chi connectivity index (χ3v) is 2.64. The van der Waals surface area contributed by atoms with Gasteiger partial charge in [-0.2, -0.15) is 5.10 Å². The second-order valence-corrected chi connectivity index (χ2v) is 4.65. The topological polar surface area (TPSA) is 46.9 Å². The smallest absolute Gasteiger partial charge is 0.248 e. The van der Waals surface area contributed by atoms with E-state index in [1.807, 2.05) is 39.2 Å². The van der Waals surface area contributed by atoms with Gasteiger partial charge in [-0.15, -0.1) is 0 Å². The molecule has 4 heteroatoms. The Morgan fingerprint density at radius 3 is 2.53 bits per heavy atom. The Balaban J connectivity index is 2.03. The number of carbonyl (C=O) groups is 1. The highest BCUT2D eigenvalue weighted by Crippen LogP contribution is 2.13. The first-order valence-corrected chi connectivity index (χ1v) is 6.09. The molecule has 98 valence electrons. The van der Waals surface area contributed by atoms with Crippen molar-refractivity contribution in [1.29, 1.82) is 0 Å². The van der Waals surface area contributed by atoms with Crippen LogP contribution in [-0.2, 0) is 11.8 Å². The van der Waals surface area contributed by atoms with Gasteiger partial charge in [-0.05, 0) is 43.2 Å². The molecule has 2 aromatic rings. The number of benzene rings is 1. The lowest BCUT2D eigenvalue weighted by Gasteiger charge is -2.05. The molecular weight excluding hydrogens is 238 g/mol. The van der Waals surface area contributed by atoms with Gasteiger partial charge in [0.05, 0.1) is 6.20 Å². The number of rotatable bonds is 3. The molecule has 1 N–H and O–H groups in total. The molecule has 0 bridgehead atoms. The molecule has 0 radical (unpaired) electrons. The van der Waals surface area contributed by atoms with Crippen LogP contribution >= 0.6 is 0 Å². The Hall–Kier alpha value is -2.36. The van der Waals surface area contributed by atoms with Crippen LogP contribution in [0.25, 0.3) is 6.08 Å². The van der Waals surface area contributed by atoms with E-state index in [1.54, 1.807) is 17.0 Å². The fourth-order valence-corrected chi connectivity index (χ4v) is 1.93. The fraction of sp³-hybridized carbons (Fsp3) is 0.200. The predicted octanol–water partition coefficient (Wildman–Crippen LogP) is 2.69. The highest BCUT2D eigenvalue weighted by atomic mass is 16.1. The Morgan fingerprint density at radius 1 is 1.26 bits per heavy atom. The van der Waals surface area contributed by atoms with Crippen molar-refractivity contribution in [2.75, 3.05) is 5.32 Å². The largest absolute Gasteiger partial charge is 0.322 e. The molecular formula is C15H17N3O. The van der Waals surface area contributed by atoms with Crippen molar-refractivity contribution in [3.05, 3.63) is 53.4 Å². The van der Waals surface area contributed by atoms with Gasteiger partial charge in [0, 0.05) is 30.6 Å². The van der Waals surface area contributed by atoms with E-state index in [9.17, 15) is 4.79 Å². The molecule has 0 aliphatic rings. The number of amides is 1. The summed E-state index contributed by atoms with van der Waals surface area (Å²) in [6.45, 7) is 4.02. The van der Waals surface area contributed by atoms with Gasteiger partial charge >= 0.3 is 0 Å². The van der Waals surface area contributed by atoms with Crippen molar-refractivity contribution in [2.24, 2.45) is 7.05 Å². The first kappa shape index (κ1) is 13.1. The van der Waals surface area contributed by atoms with E-state index >= 15 is 0 Å². The van der Waals surface area contributed by atoms with Crippen molar-refractivity contribution in [3.63, 3.8) is 0 Å². The maximum Gasteiger partial charge on any atom is 0.248 e. The third kappa shape index (κ3) is 3.81.